The van der Waals surface area contributed by atoms with Gasteiger partial charge in [0.05, 0.1) is 13.0 Å². The van der Waals surface area contributed by atoms with Gasteiger partial charge in [-0.25, -0.2) is 0 Å². The summed E-state index contributed by atoms with van der Waals surface area (Å²) in [6.07, 6.45) is 6.29. The third-order valence-corrected chi connectivity index (χ3v) is 11.2. The second-order valence-corrected chi connectivity index (χ2v) is 16.0. The average Bonchev–Trinajstić information content (AvgIpc) is 3.65. The van der Waals surface area contributed by atoms with Gasteiger partial charge in [0, 0.05) is 49.5 Å². The first-order chi connectivity index (χ1) is 27.9. The molecule has 13 nitrogen and oxygen atoms in total. The maximum absolute atomic E-state index is 13.7. The number of benzene rings is 3. The molecule has 2 aliphatic rings. The molecular weight excluding hydrogens is 760 g/mol. The Bertz CT molecular complexity index is 1900. The summed E-state index contributed by atoms with van der Waals surface area (Å²) in [6, 6.07) is 18.1. The van der Waals surface area contributed by atoms with Crippen LogP contribution in [0, 0.1) is 5.41 Å². The molecule has 0 aromatic heterocycles. The first-order valence-electron chi connectivity index (χ1n) is 20.2. The lowest BCUT2D eigenvalue weighted by Gasteiger charge is -2.29. The van der Waals surface area contributed by atoms with E-state index in [4.69, 9.17) is 11.6 Å². The Labute approximate surface area is 344 Å². The van der Waals surface area contributed by atoms with Crippen molar-refractivity contribution in [2.45, 2.75) is 109 Å². The van der Waals surface area contributed by atoms with E-state index in [9.17, 15) is 33.9 Å². The Kier molecular flexibility index (Phi) is 16.2. The lowest BCUT2D eigenvalue weighted by atomic mass is 9.78. The van der Waals surface area contributed by atoms with Gasteiger partial charge in [0.15, 0.2) is 0 Å². The predicted molar refractivity (Wildman–Crippen MR) is 221 cm³/mol. The van der Waals surface area contributed by atoms with E-state index in [0.29, 0.717) is 34.9 Å². The van der Waals surface area contributed by atoms with E-state index in [0.717, 1.165) is 56.1 Å². The minimum absolute atomic E-state index is 0.0256. The van der Waals surface area contributed by atoms with Gasteiger partial charge in [0.2, 0.25) is 35.4 Å². The molecule has 7 N–H and O–H groups in total. The maximum atomic E-state index is 13.7. The number of carbonyl (C=O) groups excluding carboxylic acids is 6. The summed E-state index contributed by atoms with van der Waals surface area (Å²) < 4.78 is 0. The Morgan fingerprint density at radius 2 is 1.41 bits per heavy atom. The van der Waals surface area contributed by atoms with Gasteiger partial charge in [0.1, 0.15) is 18.1 Å². The standard InChI is InChI=1S/C44H55ClN6O7/c1-29-41(56)47-22-8-2-7-21-46-39(54)26-44(19-5-6-20-44)27-40(55)51-36(42(57)48-29)23-30-15-17-34(18-16-30)49-43(58)37(25-33-9-3-4-10-35(33)45)50-38(53)24-31-11-13-32(28-52)14-12-31/h3-4,9-18,29,36-37,52H,2,5-8,19-28H2,1H3,(H,46,54)(H,47,56)(H,48,57)(H,49,58)(H,50,53)(H,51,55)/t29-,36-,37?/m1/s1. The molecule has 3 atom stereocenters. The van der Waals surface area contributed by atoms with Crippen molar-refractivity contribution in [1.82, 2.24) is 26.6 Å². The monoisotopic (exact) mass is 814 g/mol. The van der Waals surface area contributed by atoms with Crippen LogP contribution in [0.1, 0.15) is 87.0 Å². The summed E-state index contributed by atoms with van der Waals surface area (Å²) in [5.74, 6) is -2.11. The molecule has 3 aromatic rings. The molecule has 1 aliphatic heterocycles. The van der Waals surface area contributed by atoms with Crippen LogP contribution >= 0.6 is 11.6 Å². The van der Waals surface area contributed by atoms with Crippen LogP contribution in [0.3, 0.4) is 0 Å². The zero-order valence-corrected chi connectivity index (χ0v) is 33.8. The lowest BCUT2D eigenvalue weighted by Crippen LogP contribution is -2.54. The Balaban J connectivity index is 1.29. The number of rotatable bonds is 10. The van der Waals surface area contributed by atoms with Crippen molar-refractivity contribution in [3.8, 4) is 0 Å². The third kappa shape index (κ3) is 13.4. The van der Waals surface area contributed by atoms with Gasteiger partial charge >= 0.3 is 0 Å². The molecule has 0 bridgehead atoms. The molecule has 1 aliphatic carbocycles. The van der Waals surface area contributed by atoms with Crippen molar-refractivity contribution in [2.75, 3.05) is 18.4 Å². The smallest absolute Gasteiger partial charge is 0.247 e. The minimum Gasteiger partial charge on any atom is -0.392 e. The molecule has 6 amide bonds. The van der Waals surface area contributed by atoms with Crippen LogP contribution in [0.4, 0.5) is 5.69 Å². The van der Waals surface area contributed by atoms with E-state index >= 15 is 0 Å². The Hall–Kier alpha value is -5.27. The van der Waals surface area contributed by atoms with Crippen molar-refractivity contribution in [3.05, 3.63) is 100 Å². The molecule has 310 valence electrons. The molecular formula is C44H55ClN6O7. The minimum atomic E-state index is -1.02. The van der Waals surface area contributed by atoms with E-state index in [1.165, 1.54) is 0 Å². The molecule has 1 saturated heterocycles. The number of hydrogen-bond acceptors (Lipinski definition) is 7. The molecule has 1 saturated carbocycles. The van der Waals surface area contributed by atoms with Gasteiger partial charge in [-0.05, 0) is 84.9 Å². The van der Waals surface area contributed by atoms with Crippen molar-refractivity contribution in [2.24, 2.45) is 5.41 Å². The van der Waals surface area contributed by atoms with Crippen LogP contribution in [0.15, 0.2) is 72.8 Å². The molecule has 1 unspecified atom stereocenters. The summed E-state index contributed by atoms with van der Waals surface area (Å²) in [5.41, 5.74) is 2.77. The molecule has 0 radical (unpaired) electrons. The summed E-state index contributed by atoms with van der Waals surface area (Å²) in [6.45, 7) is 2.46. The quantitative estimate of drug-likeness (QED) is 0.161. The van der Waals surface area contributed by atoms with Crippen molar-refractivity contribution < 1.29 is 33.9 Å². The van der Waals surface area contributed by atoms with Crippen LogP contribution in [0.25, 0.3) is 0 Å². The van der Waals surface area contributed by atoms with Crippen molar-refractivity contribution >= 4 is 52.7 Å². The van der Waals surface area contributed by atoms with Gasteiger partial charge in [-0.3, -0.25) is 28.8 Å². The van der Waals surface area contributed by atoms with E-state index in [1.807, 2.05) is 0 Å². The fourth-order valence-corrected chi connectivity index (χ4v) is 7.83. The highest BCUT2D eigenvalue weighted by atomic mass is 35.5. The van der Waals surface area contributed by atoms with Gasteiger partial charge in [-0.15, -0.1) is 0 Å². The second kappa shape index (κ2) is 21.5. The topological polar surface area (TPSA) is 195 Å². The highest BCUT2D eigenvalue weighted by Gasteiger charge is 2.39. The average molecular weight is 815 g/mol. The number of aliphatic hydroxyl groups excluding tert-OH is 1. The van der Waals surface area contributed by atoms with Crippen molar-refractivity contribution in [1.29, 1.82) is 0 Å². The maximum Gasteiger partial charge on any atom is 0.247 e. The molecule has 14 heteroatoms. The normalized spacial score (nSPS) is 20.1. The zero-order valence-electron chi connectivity index (χ0n) is 33.0. The summed E-state index contributed by atoms with van der Waals surface area (Å²) in [7, 11) is 0. The number of aliphatic hydroxyl groups is 1. The van der Waals surface area contributed by atoms with Crippen LogP contribution in [0.2, 0.25) is 5.02 Å². The van der Waals surface area contributed by atoms with E-state index in [2.05, 4.69) is 31.9 Å². The fraction of sp³-hybridized carbons (Fsp3) is 0.455. The summed E-state index contributed by atoms with van der Waals surface area (Å²) in [5, 5.41) is 27.0. The Morgan fingerprint density at radius 1 is 0.776 bits per heavy atom. The SMILES string of the molecule is C[C@H]1NC(=O)[C@@H](Cc2ccc(NC(=O)C(Cc3ccccc3Cl)NC(=O)Cc3ccc(CO)cc3)cc2)NC(=O)CC2(CCCC2)CC(=O)NCCCCCNC1=O. The zero-order chi connectivity index (χ0) is 41.5. The first-order valence-corrected chi connectivity index (χ1v) is 20.6. The van der Waals surface area contributed by atoms with Gasteiger partial charge in [0.25, 0.3) is 0 Å². The van der Waals surface area contributed by atoms with E-state index < -0.39 is 35.4 Å². The van der Waals surface area contributed by atoms with Crippen LogP contribution in [0.5, 0.6) is 0 Å². The van der Waals surface area contributed by atoms with Gasteiger partial charge in [-0.2, -0.15) is 0 Å². The largest absolute Gasteiger partial charge is 0.392 e. The third-order valence-electron chi connectivity index (χ3n) is 10.9. The number of nitrogens with one attached hydrogen (secondary N) is 6. The number of amides is 6. The van der Waals surface area contributed by atoms with Crippen LogP contribution in [-0.4, -0.2) is 71.8 Å². The molecule has 1 heterocycles. The summed E-state index contributed by atoms with van der Waals surface area (Å²) >= 11 is 6.43. The highest BCUT2D eigenvalue weighted by molar-refractivity contribution is 6.31. The molecule has 58 heavy (non-hydrogen) atoms. The predicted octanol–water partition coefficient (Wildman–Crippen LogP) is 4.03. The number of halogens is 1. The van der Waals surface area contributed by atoms with Crippen LogP contribution in [-0.2, 0) is 54.6 Å². The summed E-state index contributed by atoms with van der Waals surface area (Å²) in [4.78, 5) is 79.9. The fourth-order valence-electron chi connectivity index (χ4n) is 7.61. The Morgan fingerprint density at radius 3 is 2.10 bits per heavy atom. The van der Waals surface area contributed by atoms with E-state index in [-0.39, 0.29) is 62.3 Å². The van der Waals surface area contributed by atoms with Crippen molar-refractivity contribution in [3.63, 3.8) is 0 Å². The number of carbonyl (C=O) groups is 6. The lowest BCUT2D eigenvalue weighted by molar-refractivity contribution is -0.133. The number of anilines is 1. The molecule has 3 aromatic carbocycles. The molecule has 2 fully saturated rings. The highest BCUT2D eigenvalue weighted by Crippen LogP contribution is 2.44. The second-order valence-electron chi connectivity index (χ2n) is 15.6. The molecule has 1 spiro atoms. The molecule has 5 rings (SSSR count). The number of hydrogen-bond donors (Lipinski definition) is 7. The van der Waals surface area contributed by atoms with Gasteiger partial charge in [-0.1, -0.05) is 79.0 Å². The van der Waals surface area contributed by atoms with Crippen LogP contribution < -0.4 is 31.9 Å². The van der Waals surface area contributed by atoms with E-state index in [1.54, 1.807) is 79.7 Å². The first kappa shape index (κ1) is 43.8. The van der Waals surface area contributed by atoms with Gasteiger partial charge < -0.3 is 37.0 Å².